The molecule has 0 bridgehead atoms. The Hall–Kier alpha value is -1.52. The van der Waals surface area contributed by atoms with E-state index in [-0.39, 0.29) is 13.2 Å². The minimum atomic E-state index is -8.67. The summed E-state index contributed by atoms with van der Waals surface area (Å²) in [6.07, 6.45) is -7.91. The second-order valence-electron chi connectivity index (χ2n) is 5.41. The predicted molar refractivity (Wildman–Crippen MR) is 55.5 cm³/mol. The third-order valence-corrected chi connectivity index (χ3v) is 3.47. The van der Waals surface area contributed by atoms with Crippen LogP contribution < -0.4 is 0 Å². The van der Waals surface area contributed by atoms with E-state index >= 15 is 0 Å². The van der Waals surface area contributed by atoms with E-state index in [1.807, 2.05) is 0 Å². The molecule has 0 aromatic heterocycles. The molecule has 18 heteroatoms. The smallest absolute Gasteiger partial charge is 0.290 e. The largest absolute Gasteiger partial charge is 0.460 e. The fourth-order valence-corrected chi connectivity index (χ4v) is 1.52. The summed E-state index contributed by atoms with van der Waals surface area (Å²) in [6, 6.07) is 0. The van der Waals surface area contributed by atoms with Crippen LogP contribution in [-0.4, -0.2) is 53.9 Å². The van der Waals surface area contributed by atoms with E-state index in [2.05, 4.69) is 0 Å². The van der Waals surface area contributed by atoms with Gasteiger partial charge in [0.15, 0.2) is 0 Å². The first-order valence-electron chi connectivity index (χ1n) is 6.32. The SMILES string of the molecule is CC([C]=O)C(F)(F)C(F)(F)C(F)(F)C(F)(F)C(F)(F)C(F)(F)C(F)(F)C(F)(F)F. The average Bonchev–Trinajstić information content (AvgIpc) is 2.51. The first-order chi connectivity index (χ1) is 12.2. The highest BCUT2D eigenvalue weighted by atomic mass is 19.4. The van der Waals surface area contributed by atoms with Crippen molar-refractivity contribution in [3.05, 3.63) is 0 Å². The van der Waals surface area contributed by atoms with E-state index in [9.17, 15) is 79.4 Å². The van der Waals surface area contributed by atoms with Crippen molar-refractivity contribution < 1.29 is 79.4 Å². The van der Waals surface area contributed by atoms with Crippen LogP contribution in [0, 0.1) is 5.92 Å². The predicted octanol–water partition coefficient (Wildman–Crippen LogP) is 5.74. The maximum Gasteiger partial charge on any atom is 0.460 e. The second kappa shape index (κ2) is 6.75. The summed E-state index contributed by atoms with van der Waals surface area (Å²) < 4.78 is 218. The van der Waals surface area contributed by atoms with Gasteiger partial charge in [-0.1, -0.05) is 0 Å². The Morgan fingerprint density at radius 2 is 0.724 bits per heavy atom. The van der Waals surface area contributed by atoms with E-state index in [0.717, 1.165) is 0 Å². The molecule has 0 aromatic rings. The number of hydrogen-bond donors (Lipinski definition) is 0. The van der Waals surface area contributed by atoms with Crippen LogP contribution in [0.5, 0.6) is 0 Å². The van der Waals surface area contributed by atoms with Crippen LogP contribution in [-0.2, 0) is 4.79 Å². The van der Waals surface area contributed by atoms with E-state index in [1.54, 1.807) is 0 Å². The van der Waals surface area contributed by atoms with Gasteiger partial charge in [-0.3, -0.25) is 4.79 Å². The Bertz CT molecular complexity index is 615. The van der Waals surface area contributed by atoms with Gasteiger partial charge in [-0.05, 0) is 6.92 Å². The lowest BCUT2D eigenvalue weighted by molar-refractivity contribution is -0.462. The van der Waals surface area contributed by atoms with Crippen LogP contribution in [0.1, 0.15) is 6.92 Å². The number of alkyl halides is 17. The lowest BCUT2D eigenvalue weighted by atomic mass is 9.86. The number of carbonyl (C=O) groups excluding carboxylic acids is 1. The van der Waals surface area contributed by atoms with Gasteiger partial charge in [0.05, 0.1) is 5.92 Å². The summed E-state index contributed by atoms with van der Waals surface area (Å²) in [5.41, 5.74) is 0. The highest BCUT2D eigenvalue weighted by Crippen LogP contribution is 2.64. The Labute approximate surface area is 147 Å². The highest BCUT2D eigenvalue weighted by molar-refractivity contribution is 5.56. The minimum Gasteiger partial charge on any atom is -0.290 e. The van der Waals surface area contributed by atoms with E-state index < -0.39 is 53.6 Å². The van der Waals surface area contributed by atoms with Gasteiger partial charge in [-0.15, -0.1) is 0 Å². The number of rotatable bonds is 8. The van der Waals surface area contributed by atoms with Crippen molar-refractivity contribution in [1.29, 1.82) is 0 Å². The first-order valence-corrected chi connectivity index (χ1v) is 6.32. The third-order valence-electron chi connectivity index (χ3n) is 3.47. The molecule has 0 rings (SSSR count). The molecule has 0 N–H and O–H groups in total. The minimum absolute atomic E-state index is 0.115. The quantitative estimate of drug-likeness (QED) is 0.410. The van der Waals surface area contributed by atoms with Crippen molar-refractivity contribution in [3.63, 3.8) is 0 Å². The molecule has 1 radical (unpaired) electrons. The van der Waals surface area contributed by atoms with Gasteiger partial charge in [0.2, 0.25) is 6.29 Å². The lowest BCUT2D eigenvalue weighted by Gasteiger charge is -2.43. The first kappa shape index (κ1) is 27.5. The molecule has 0 aromatic carbocycles. The lowest BCUT2D eigenvalue weighted by Crippen LogP contribution is -2.74. The third kappa shape index (κ3) is 3.29. The van der Waals surface area contributed by atoms with Crippen LogP contribution in [0.4, 0.5) is 74.6 Å². The van der Waals surface area contributed by atoms with E-state index in [1.165, 1.54) is 0 Å². The zero-order chi connectivity index (χ0) is 24.3. The van der Waals surface area contributed by atoms with Crippen molar-refractivity contribution in [2.75, 3.05) is 0 Å². The van der Waals surface area contributed by atoms with Crippen LogP contribution in [0.15, 0.2) is 0 Å². The van der Waals surface area contributed by atoms with Gasteiger partial charge in [-0.25, -0.2) is 0 Å². The number of halogens is 17. The molecule has 0 saturated carbocycles. The normalized spacial score (nSPS) is 17.3. The average molecular weight is 475 g/mol. The Kier molecular flexibility index (Phi) is 6.39. The summed E-state index contributed by atoms with van der Waals surface area (Å²) in [4.78, 5) is 9.91. The second-order valence-corrected chi connectivity index (χ2v) is 5.41. The zero-order valence-corrected chi connectivity index (χ0v) is 12.9. The molecule has 0 aliphatic rings. The standard InChI is InChI=1S/C11H4F17O/c1-3(2-29)4(12,13)5(14,15)6(16,17)7(18,19)8(20,21)9(22,23)10(24,25)11(26,27)28/h3H,1H3. The maximum absolute atomic E-state index is 13.2. The van der Waals surface area contributed by atoms with Gasteiger partial charge >= 0.3 is 47.6 Å². The van der Waals surface area contributed by atoms with Crippen molar-refractivity contribution in [3.8, 4) is 0 Å². The van der Waals surface area contributed by atoms with E-state index in [0.29, 0.717) is 0 Å². The van der Waals surface area contributed by atoms with Gasteiger partial charge in [-0.2, -0.15) is 74.6 Å². The van der Waals surface area contributed by atoms with E-state index in [4.69, 9.17) is 0 Å². The molecule has 1 atom stereocenters. The van der Waals surface area contributed by atoms with Gasteiger partial charge in [0.1, 0.15) is 0 Å². The molecule has 0 spiro atoms. The molecule has 1 nitrogen and oxygen atoms in total. The molecule has 0 saturated heterocycles. The summed E-state index contributed by atoms with van der Waals surface area (Å²) in [7, 11) is 0. The Balaban J connectivity index is 6.77. The summed E-state index contributed by atoms with van der Waals surface area (Å²) in [5.74, 6) is -60.8. The molecular weight excluding hydrogens is 471 g/mol. The van der Waals surface area contributed by atoms with Gasteiger partial charge in [0.25, 0.3) is 0 Å². The van der Waals surface area contributed by atoms with Crippen LogP contribution in [0.2, 0.25) is 0 Å². The monoisotopic (exact) mass is 475 g/mol. The van der Waals surface area contributed by atoms with Crippen molar-refractivity contribution in [1.82, 2.24) is 0 Å². The van der Waals surface area contributed by atoms with Gasteiger partial charge in [0, 0.05) is 0 Å². The highest BCUT2D eigenvalue weighted by Gasteiger charge is 2.95. The van der Waals surface area contributed by atoms with Crippen molar-refractivity contribution >= 4 is 6.29 Å². The number of hydrogen-bond acceptors (Lipinski definition) is 1. The van der Waals surface area contributed by atoms with Crippen LogP contribution in [0.25, 0.3) is 0 Å². The fourth-order valence-electron chi connectivity index (χ4n) is 1.52. The molecule has 0 heterocycles. The van der Waals surface area contributed by atoms with Crippen molar-refractivity contribution in [2.45, 2.75) is 54.6 Å². The molecule has 0 amide bonds. The zero-order valence-electron chi connectivity index (χ0n) is 12.9. The topological polar surface area (TPSA) is 17.1 Å². The van der Waals surface area contributed by atoms with Crippen LogP contribution in [0.3, 0.4) is 0 Å². The Morgan fingerprint density at radius 3 is 0.966 bits per heavy atom. The Morgan fingerprint density at radius 1 is 0.483 bits per heavy atom. The molecule has 29 heavy (non-hydrogen) atoms. The summed E-state index contributed by atoms with van der Waals surface area (Å²) >= 11 is 0. The molecule has 173 valence electrons. The molecule has 0 aliphatic heterocycles. The summed E-state index contributed by atoms with van der Waals surface area (Å²) in [6.45, 7) is -0.389. The van der Waals surface area contributed by atoms with Crippen LogP contribution >= 0.6 is 0 Å². The molecule has 0 fully saturated rings. The molecular formula is C11H4F17O. The van der Waals surface area contributed by atoms with Gasteiger partial charge < -0.3 is 0 Å². The maximum atomic E-state index is 13.2. The summed E-state index contributed by atoms with van der Waals surface area (Å²) in [5, 5.41) is 0. The molecule has 0 aliphatic carbocycles. The molecule has 1 unspecified atom stereocenters. The van der Waals surface area contributed by atoms with Crippen molar-refractivity contribution in [2.24, 2.45) is 5.92 Å². The fraction of sp³-hybridized carbons (Fsp3) is 0.909.